The molecule has 1 amide bonds. The van der Waals surface area contributed by atoms with Gasteiger partial charge < -0.3 is 19.1 Å². The average Bonchev–Trinajstić information content (AvgIpc) is 3.40. The third-order valence-electron chi connectivity index (χ3n) is 4.35. The van der Waals surface area contributed by atoms with E-state index >= 15 is 0 Å². The molecular formula is C21H20N4O4. The molecule has 0 saturated heterocycles. The molecule has 148 valence electrons. The Balaban J connectivity index is 1.35. The first-order chi connectivity index (χ1) is 14.1. The smallest absolute Gasteiger partial charge is 0.273 e. The maximum absolute atomic E-state index is 12.3. The van der Waals surface area contributed by atoms with E-state index in [1.165, 1.54) is 0 Å². The van der Waals surface area contributed by atoms with Gasteiger partial charge in [0.05, 0.1) is 12.2 Å². The van der Waals surface area contributed by atoms with Crippen LogP contribution in [0.4, 0.5) is 0 Å². The molecule has 0 aliphatic carbocycles. The number of hydrogen-bond donors (Lipinski definition) is 1. The first kappa shape index (κ1) is 18.7. The fourth-order valence-corrected chi connectivity index (χ4v) is 2.77. The van der Waals surface area contributed by atoms with E-state index in [0.29, 0.717) is 17.3 Å². The lowest BCUT2D eigenvalue weighted by Crippen LogP contribution is -2.22. The molecule has 3 aromatic heterocycles. The van der Waals surface area contributed by atoms with Gasteiger partial charge in [-0.3, -0.25) is 9.78 Å². The zero-order chi connectivity index (χ0) is 20.2. The molecule has 0 saturated carbocycles. The normalized spacial score (nSPS) is 11.1. The van der Waals surface area contributed by atoms with Gasteiger partial charge in [0, 0.05) is 23.7 Å². The van der Waals surface area contributed by atoms with Crippen molar-refractivity contribution in [1.29, 1.82) is 0 Å². The summed E-state index contributed by atoms with van der Waals surface area (Å²) in [4.78, 5) is 16.6. The lowest BCUT2D eigenvalue weighted by atomic mass is 10.1. The highest BCUT2D eigenvalue weighted by Crippen LogP contribution is 2.24. The first-order valence-corrected chi connectivity index (χ1v) is 9.26. The highest BCUT2D eigenvalue weighted by atomic mass is 16.5. The van der Waals surface area contributed by atoms with E-state index in [2.05, 4.69) is 20.6 Å². The minimum absolute atomic E-state index is 0.135. The van der Waals surface area contributed by atoms with Crippen LogP contribution in [-0.4, -0.2) is 21.2 Å². The van der Waals surface area contributed by atoms with E-state index in [0.717, 1.165) is 16.6 Å². The van der Waals surface area contributed by atoms with Gasteiger partial charge in [-0.15, -0.1) is 0 Å². The summed E-state index contributed by atoms with van der Waals surface area (Å²) in [5.41, 5.74) is 1.78. The molecule has 0 aliphatic rings. The molecule has 1 aromatic carbocycles. The van der Waals surface area contributed by atoms with Crippen LogP contribution in [0.1, 0.15) is 47.5 Å². The van der Waals surface area contributed by atoms with Crippen molar-refractivity contribution in [2.75, 3.05) is 0 Å². The van der Waals surface area contributed by atoms with Crippen molar-refractivity contribution in [3.8, 4) is 5.75 Å². The number of aromatic nitrogens is 3. The van der Waals surface area contributed by atoms with E-state index in [9.17, 15) is 4.79 Å². The van der Waals surface area contributed by atoms with E-state index in [4.69, 9.17) is 13.8 Å². The molecule has 8 heteroatoms. The predicted molar refractivity (Wildman–Crippen MR) is 104 cm³/mol. The van der Waals surface area contributed by atoms with Gasteiger partial charge in [-0.1, -0.05) is 42.4 Å². The maximum Gasteiger partial charge on any atom is 0.273 e. The van der Waals surface area contributed by atoms with E-state index < -0.39 is 0 Å². The number of fused-ring (bicyclic) bond motifs is 1. The fraction of sp³-hybridized carbons (Fsp3) is 0.238. The topological polar surface area (TPSA) is 103 Å². The number of carbonyl (C=O) groups is 1. The van der Waals surface area contributed by atoms with Crippen molar-refractivity contribution < 1.29 is 18.6 Å². The number of hydrogen-bond acceptors (Lipinski definition) is 7. The Hall–Kier alpha value is -3.68. The van der Waals surface area contributed by atoms with E-state index in [-0.39, 0.29) is 30.7 Å². The zero-order valence-corrected chi connectivity index (χ0v) is 16.1. The second-order valence-corrected chi connectivity index (χ2v) is 6.85. The van der Waals surface area contributed by atoms with Gasteiger partial charge in [-0.25, -0.2) is 0 Å². The van der Waals surface area contributed by atoms with Crippen molar-refractivity contribution in [3.05, 3.63) is 71.6 Å². The van der Waals surface area contributed by atoms with Crippen LogP contribution in [0.5, 0.6) is 5.75 Å². The van der Waals surface area contributed by atoms with E-state index in [1.807, 2.05) is 50.2 Å². The predicted octanol–water partition coefficient (Wildman–Crippen LogP) is 3.84. The number of nitrogens with one attached hydrogen (secondary N) is 1. The van der Waals surface area contributed by atoms with Crippen LogP contribution in [0.15, 0.2) is 57.7 Å². The number of carbonyl (C=O) groups excluding carboxylic acids is 1. The highest BCUT2D eigenvalue weighted by molar-refractivity contribution is 5.92. The molecule has 0 atom stereocenters. The molecule has 4 aromatic rings. The molecule has 0 bridgehead atoms. The first-order valence-electron chi connectivity index (χ1n) is 9.26. The SMILES string of the molecule is CC(C)c1cc(CNC(=O)c2cc(COc3cccc4cccnc34)on2)on1. The molecule has 8 nitrogen and oxygen atoms in total. The molecule has 0 unspecified atom stereocenters. The van der Waals surface area contributed by atoms with Gasteiger partial charge in [0.2, 0.25) is 0 Å². The van der Waals surface area contributed by atoms with Crippen LogP contribution >= 0.6 is 0 Å². The summed E-state index contributed by atoms with van der Waals surface area (Å²) in [6.07, 6.45) is 1.71. The van der Waals surface area contributed by atoms with Crippen molar-refractivity contribution in [2.45, 2.75) is 32.9 Å². The Morgan fingerprint density at radius 2 is 1.93 bits per heavy atom. The molecule has 1 N–H and O–H groups in total. The van der Waals surface area contributed by atoms with Crippen molar-refractivity contribution in [2.24, 2.45) is 0 Å². The third-order valence-corrected chi connectivity index (χ3v) is 4.35. The Morgan fingerprint density at radius 3 is 2.76 bits per heavy atom. The summed E-state index contributed by atoms with van der Waals surface area (Å²) in [6.45, 7) is 4.40. The molecule has 3 heterocycles. The number of nitrogens with zero attached hydrogens (tertiary/aromatic N) is 3. The number of para-hydroxylation sites is 1. The van der Waals surface area contributed by atoms with Crippen molar-refractivity contribution in [3.63, 3.8) is 0 Å². The second-order valence-electron chi connectivity index (χ2n) is 6.85. The number of benzene rings is 1. The number of rotatable bonds is 7. The van der Waals surface area contributed by atoms with Crippen LogP contribution in [0.25, 0.3) is 10.9 Å². The minimum Gasteiger partial charge on any atom is -0.483 e. The minimum atomic E-state index is -0.366. The van der Waals surface area contributed by atoms with E-state index in [1.54, 1.807) is 12.3 Å². The van der Waals surface area contributed by atoms with Gasteiger partial charge in [0.15, 0.2) is 17.2 Å². The summed E-state index contributed by atoms with van der Waals surface area (Å²) in [5, 5.41) is 11.5. The quantitative estimate of drug-likeness (QED) is 0.509. The molecule has 4 rings (SSSR count). The Kier molecular flexibility index (Phi) is 5.24. The lowest BCUT2D eigenvalue weighted by Gasteiger charge is -2.06. The van der Waals surface area contributed by atoms with Crippen molar-refractivity contribution >= 4 is 16.8 Å². The molecule has 0 fully saturated rings. The highest BCUT2D eigenvalue weighted by Gasteiger charge is 2.15. The summed E-state index contributed by atoms with van der Waals surface area (Å²) < 4.78 is 16.2. The van der Waals surface area contributed by atoms with Crippen LogP contribution in [0.3, 0.4) is 0 Å². The van der Waals surface area contributed by atoms with Crippen LogP contribution in [0.2, 0.25) is 0 Å². The molecule has 0 radical (unpaired) electrons. The summed E-state index contributed by atoms with van der Waals surface area (Å²) in [6, 6.07) is 12.9. The zero-order valence-electron chi connectivity index (χ0n) is 16.1. The molecular weight excluding hydrogens is 372 g/mol. The summed E-state index contributed by atoms with van der Waals surface area (Å²) in [5.74, 6) is 1.55. The maximum atomic E-state index is 12.3. The lowest BCUT2D eigenvalue weighted by molar-refractivity contribution is 0.0937. The summed E-state index contributed by atoms with van der Waals surface area (Å²) in [7, 11) is 0. The van der Waals surface area contributed by atoms with Gasteiger partial charge >= 0.3 is 0 Å². The standard InChI is InChI=1S/C21H20N4O4/c1-13(2)17-9-15(28-24-17)11-23-21(26)18-10-16(29-25-18)12-27-19-7-3-5-14-6-4-8-22-20(14)19/h3-10,13H,11-12H2,1-2H3,(H,23,26). The Labute approximate surface area is 166 Å². The molecule has 0 spiro atoms. The third kappa shape index (κ3) is 4.26. The van der Waals surface area contributed by atoms with Gasteiger partial charge in [-0.2, -0.15) is 0 Å². The Bertz CT molecular complexity index is 1130. The van der Waals surface area contributed by atoms with Crippen LogP contribution in [0, 0.1) is 0 Å². The number of ether oxygens (including phenoxy) is 1. The largest absolute Gasteiger partial charge is 0.483 e. The number of pyridine rings is 1. The van der Waals surface area contributed by atoms with Crippen LogP contribution in [-0.2, 0) is 13.2 Å². The monoisotopic (exact) mass is 392 g/mol. The van der Waals surface area contributed by atoms with Crippen LogP contribution < -0.4 is 10.1 Å². The fourth-order valence-electron chi connectivity index (χ4n) is 2.77. The van der Waals surface area contributed by atoms with Gasteiger partial charge in [0.25, 0.3) is 5.91 Å². The van der Waals surface area contributed by atoms with Gasteiger partial charge in [0.1, 0.15) is 17.9 Å². The second kappa shape index (κ2) is 8.14. The summed E-state index contributed by atoms with van der Waals surface area (Å²) >= 11 is 0. The Morgan fingerprint density at radius 1 is 1.10 bits per heavy atom. The number of amides is 1. The van der Waals surface area contributed by atoms with Crippen molar-refractivity contribution in [1.82, 2.24) is 20.6 Å². The molecule has 0 aliphatic heterocycles. The molecule has 29 heavy (non-hydrogen) atoms. The van der Waals surface area contributed by atoms with Gasteiger partial charge in [-0.05, 0) is 18.1 Å². The average molecular weight is 392 g/mol.